The molecule has 5 rings (SSSR count). The van der Waals surface area contributed by atoms with Gasteiger partial charge in [0.05, 0.1) is 0 Å². The summed E-state index contributed by atoms with van der Waals surface area (Å²) in [6.45, 7) is 3.99. The third-order valence-electron chi connectivity index (χ3n) is 6.72. The number of hydrogen-bond acceptors (Lipinski definition) is 2. The number of para-hydroxylation sites is 1. The summed E-state index contributed by atoms with van der Waals surface area (Å²) in [6, 6.07) is 16.1. The first-order chi connectivity index (χ1) is 14.2. The number of benzene rings is 1. The maximum atomic E-state index is 13.2. The van der Waals surface area contributed by atoms with Crippen LogP contribution in [0.25, 0.3) is 10.9 Å². The van der Waals surface area contributed by atoms with E-state index in [0.717, 1.165) is 42.4 Å². The van der Waals surface area contributed by atoms with Crippen molar-refractivity contribution in [3.63, 3.8) is 0 Å². The number of carbonyl (C=O) groups is 1. The number of pyridine rings is 1. The van der Waals surface area contributed by atoms with Crippen LogP contribution in [-0.4, -0.2) is 33.0 Å². The molecule has 1 fully saturated rings. The zero-order chi connectivity index (χ0) is 20.0. The molecule has 0 spiro atoms. The van der Waals surface area contributed by atoms with Crippen molar-refractivity contribution in [3.05, 3.63) is 70.8 Å². The van der Waals surface area contributed by atoms with Gasteiger partial charge in [-0.3, -0.25) is 9.59 Å². The molecule has 1 amide bonds. The number of carbonyl (C=O) groups excluding carboxylic acids is 1. The zero-order valence-corrected chi connectivity index (χ0v) is 16.8. The number of fused-ring (bicyclic) bond motifs is 5. The van der Waals surface area contributed by atoms with Gasteiger partial charge in [-0.2, -0.15) is 0 Å². The minimum Gasteiger partial charge on any atom is -0.340 e. The van der Waals surface area contributed by atoms with Gasteiger partial charge >= 0.3 is 0 Å². The summed E-state index contributed by atoms with van der Waals surface area (Å²) in [7, 11) is 0. The van der Waals surface area contributed by atoms with Crippen LogP contribution in [0.3, 0.4) is 0 Å². The van der Waals surface area contributed by atoms with Crippen molar-refractivity contribution >= 4 is 16.8 Å². The SMILES string of the molecule is CCC[C@H]1[C@H]2C[C@H](CN(C(=O)Cn3ccc4ccccc43)C2)c2cccc(=O)n21. The van der Waals surface area contributed by atoms with Crippen molar-refractivity contribution in [2.75, 3.05) is 13.1 Å². The molecule has 2 aliphatic rings. The van der Waals surface area contributed by atoms with Gasteiger partial charge in [0.2, 0.25) is 5.91 Å². The molecule has 0 N–H and O–H groups in total. The van der Waals surface area contributed by atoms with E-state index >= 15 is 0 Å². The van der Waals surface area contributed by atoms with Crippen LogP contribution in [0, 0.1) is 5.92 Å². The number of likely N-dealkylation sites (tertiary alicyclic amines) is 1. The minimum atomic E-state index is 0.106. The summed E-state index contributed by atoms with van der Waals surface area (Å²) >= 11 is 0. The van der Waals surface area contributed by atoms with E-state index in [1.165, 1.54) is 0 Å². The summed E-state index contributed by atoms with van der Waals surface area (Å²) in [4.78, 5) is 27.9. The first kappa shape index (κ1) is 18.2. The van der Waals surface area contributed by atoms with Gasteiger partial charge in [-0.05, 0) is 42.3 Å². The van der Waals surface area contributed by atoms with Crippen LogP contribution in [0.15, 0.2) is 59.5 Å². The molecule has 1 aromatic carbocycles. The fourth-order valence-corrected chi connectivity index (χ4v) is 5.43. The second-order valence-electron chi connectivity index (χ2n) is 8.51. The number of aromatic nitrogens is 2. The molecule has 150 valence electrons. The van der Waals surface area contributed by atoms with Crippen LogP contribution in [0.2, 0.25) is 0 Å². The summed E-state index contributed by atoms with van der Waals surface area (Å²) in [6.07, 6.45) is 5.10. The van der Waals surface area contributed by atoms with Crippen molar-refractivity contribution in [2.24, 2.45) is 5.92 Å². The van der Waals surface area contributed by atoms with Crippen molar-refractivity contribution in [2.45, 2.75) is 44.7 Å². The number of amides is 1. The first-order valence-corrected chi connectivity index (χ1v) is 10.7. The van der Waals surface area contributed by atoms with E-state index in [4.69, 9.17) is 0 Å². The lowest BCUT2D eigenvalue weighted by molar-refractivity contribution is -0.135. The van der Waals surface area contributed by atoms with Crippen molar-refractivity contribution in [1.82, 2.24) is 14.0 Å². The molecule has 2 bridgehead atoms. The van der Waals surface area contributed by atoms with Crippen LogP contribution in [0.5, 0.6) is 0 Å². The molecular weight excluding hydrogens is 362 g/mol. The molecule has 1 saturated heterocycles. The minimum absolute atomic E-state index is 0.106. The van der Waals surface area contributed by atoms with Gasteiger partial charge in [0.15, 0.2) is 0 Å². The fraction of sp³-hybridized carbons (Fsp3) is 0.417. The maximum absolute atomic E-state index is 13.2. The lowest BCUT2D eigenvalue weighted by atomic mass is 9.77. The van der Waals surface area contributed by atoms with Crippen molar-refractivity contribution < 1.29 is 4.79 Å². The molecule has 5 nitrogen and oxygen atoms in total. The molecule has 5 heteroatoms. The van der Waals surface area contributed by atoms with E-state index in [9.17, 15) is 9.59 Å². The molecule has 4 heterocycles. The fourth-order valence-electron chi connectivity index (χ4n) is 5.43. The molecule has 3 atom stereocenters. The largest absolute Gasteiger partial charge is 0.340 e. The van der Waals surface area contributed by atoms with E-state index in [1.54, 1.807) is 6.07 Å². The molecule has 0 saturated carbocycles. The normalized spacial score (nSPS) is 23.2. The lowest BCUT2D eigenvalue weighted by Gasteiger charge is -2.47. The highest BCUT2D eigenvalue weighted by atomic mass is 16.2. The van der Waals surface area contributed by atoms with Crippen LogP contribution < -0.4 is 5.56 Å². The highest BCUT2D eigenvalue weighted by Gasteiger charge is 2.41. The number of rotatable bonds is 4. The summed E-state index contributed by atoms with van der Waals surface area (Å²) in [5.41, 5.74) is 2.31. The Kier molecular flexibility index (Phi) is 4.53. The predicted octanol–water partition coefficient (Wildman–Crippen LogP) is 3.79. The molecule has 29 heavy (non-hydrogen) atoms. The average Bonchev–Trinajstić information content (AvgIpc) is 3.14. The quantitative estimate of drug-likeness (QED) is 0.682. The molecule has 2 aromatic heterocycles. The Morgan fingerprint density at radius 2 is 1.93 bits per heavy atom. The van der Waals surface area contributed by atoms with Gasteiger partial charge in [0, 0.05) is 48.5 Å². The van der Waals surface area contributed by atoms with Crippen LogP contribution >= 0.6 is 0 Å². The second-order valence-corrected chi connectivity index (χ2v) is 8.51. The van der Waals surface area contributed by atoms with E-state index in [2.05, 4.69) is 31.2 Å². The van der Waals surface area contributed by atoms with E-state index < -0.39 is 0 Å². The number of nitrogens with zero attached hydrogens (tertiary/aromatic N) is 3. The average molecular weight is 389 g/mol. The van der Waals surface area contributed by atoms with Gasteiger partial charge in [-0.15, -0.1) is 0 Å². The van der Waals surface area contributed by atoms with Gasteiger partial charge in [-0.1, -0.05) is 37.6 Å². The number of hydrogen-bond donors (Lipinski definition) is 0. The van der Waals surface area contributed by atoms with Gasteiger partial charge < -0.3 is 14.0 Å². The Morgan fingerprint density at radius 1 is 1.07 bits per heavy atom. The smallest absolute Gasteiger partial charge is 0.250 e. The van der Waals surface area contributed by atoms with Crippen LogP contribution in [0.1, 0.15) is 43.8 Å². The Hall–Kier alpha value is -2.82. The van der Waals surface area contributed by atoms with Crippen molar-refractivity contribution in [3.8, 4) is 0 Å². The molecular formula is C24H27N3O2. The Bertz CT molecular complexity index is 1110. The summed E-state index contributed by atoms with van der Waals surface area (Å²) in [5, 5.41) is 1.16. The highest BCUT2D eigenvalue weighted by Crippen LogP contribution is 2.42. The molecule has 0 radical (unpaired) electrons. The highest BCUT2D eigenvalue weighted by molar-refractivity contribution is 5.83. The van der Waals surface area contributed by atoms with Gasteiger partial charge in [-0.25, -0.2) is 0 Å². The van der Waals surface area contributed by atoms with E-state index in [-0.39, 0.29) is 23.4 Å². The Labute approximate surface area is 170 Å². The monoisotopic (exact) mass is 389 g/mol. The van der Waals surface area contributed by atoms with Crippen molar-refractivity contribution in [1.29, 1.82) is 0 Å². The van der Waals surface area contributed by atoms with Crippen LogP contribution in [-0.2, 0) is 11.3 Å². The Balaban J connectivity index is 1.42. The standard InChI is InChI=1S/C24H27N3O2/c1-2-6-21-18-13-19(22-9-5-10-23(28)27(21)22)15-26(14-18)24(29)16-25-12-11-17-7-3-4-8-20(17)25/h3-5,7-12,18-19,21H,2,6,13-16H2,1H3/t18-,19+,21-/m0/s1. The first-order valence-electron chi connectivity index (χ1n) is 10.7. The Morgan fingerprint density at radius 3 is 2.79 bits per heavy atom. The van der Waals surface area contributed by atoms with Gasteiger partial charge in [0.1, 0.15) is 6.54 Å². The molecule has 2 aliphatic heterocycles. The third-order valence-corrected chi connectivity index (χ3v) is 6.72. The third kappa shape index (κ3) is 3.09. The lowest BCUT2D eigenvalue weighted by Crippen LogP contribution is -2.51. The summed E-state index contributed by atoms with van der Waals surface area (Å²) < 4.78 is 4.08. The number of piperidine rings is 1. The van der Waals surface area contributed by atoms with Crippen LogP contribution in [0.4, 0.5) is 0 Å². The topological polar surface area (TPSA) is 47.2 Å². The van der Waals surface area contributed by atoms with E-state index in [1.807, 2.05) is 38.4 Å². The van der Waals surface area contributed by atoms with E-state index in [0.29, 0.717) is 19.0 Å². The summed E-state index contributed by atoms with van der Waals surface area (Å²) in [5.74, 6) is 0.774. The molecule has 0 unspecified atom stereocenters. The molecule has 0 aliphatic carbocycles. The zero-order valence-electron chi connectivity index (χ0n) is 16.8. The van der Waals surface area contributed by atoms with Gasteiger partial charge in [0.25, 0.3) is 5.56 Å². The predicted molar refractivity (Wildman–Crippen MR) is 114 cm³/mol. The second kappa shape index (κ2) is 7.21. The maximum Gasteiger partial charge on any atom is 0.250 e. The molecule has 3 aromatic rings.